The SMILES string of the molecule is CC(C)(C)NC(=O)N(Cc1ccccc1)CC(O)C(Cc1ccccc1)C(CC(N)=O)(NC(=O)c1ccc2ccccc2n1)C(N)=O. The van der Waals surface area contributed by atoms with Gasteiger partial charge in [-0.05, 0) is 50.5 Å². The first-order chi connectivity index (χ1) is 22.3. The molecule has 3 aromatic carbocycles. The smallest absolute Gasteiger partial charge is 0.318 e. The Morgan fingerprint density at radius 3 is 2.00 bits per heavy atom. The second-order valence-electron chi connectivity index (χ2n) is 12.7. The number of primary amides is 2. The van der Waals surface area contributed by atoms with Gasteiger partial charge in [-0.25, -0.2) is 9.78 Å². The number of aromatic nitrogens is 1. The van der Waals surface area contributed by atoms with Crippen molar-refractivity contribution in [2.75, 3.05) is 6.54 Å². The van der Waals surface area contributed by atoms with Gasteiger partial charge in [0.25, 0.3) is 5.91 Å². The van der Waals surface area contributed by atoms with Crippen molar-refractivity contribution >= 4 is 34.7 Å². The predicted molar refractivity (Wildman–Crippen MR) is 180 cm³/mol. The Morgan fingerprint density at radius 2 is 1.40 bits per heavy atom. The molecule has 0 spiro atoms. The number of aliphatic hydroxyl groups excluding tert-OH is 1. The Kier molecular flexibility index (Phi) is 10.9. The van der Waals surface area contributed by atoms with E-state index in [0.717, 1.165) is 10.9 Å². The van der Waals surface area contributed by atoms with Crippen LogP contribution in [-0.2, 0) is 22.6 Å². The lowest BCUT2D eigenvalue weighted by Gasteiger charge is -2.42. The van der Waals surface area contributed by atoms with Crippen LogP contribution in [0.5, 0.6) is 0 Å². The maximum absolute atomic E-state index is 13.8. The van der Waals surface area contributed by atoms with Gasteiger partial charge in [0.15, 0.2) is 0 Å². The van der Waals surface area contributed by atoms with Crippen LogP contribution in [0.4, 0.5) is 4.79 Å². The molecule has 0 radical (unpaired) electrons. The second kappa shape index (κ2) is 14.9. The lowest BCUT2D eigenvalue weighted by atomic mass is 9.73. The minimum atomic E-state index is -2.16. The molecule has 0 aliphatic rings. The molecule has 246 valence electrons. The Bertz CT molecular complexity index is 1710. The van der Waals surface area contributed by atoms with Crippen LogP contribution in [0.25, 0.3) is 10.9 Å². The zero-order valence-electron chi connectivity index (χ0n) is 26.9. The van der Waals surface area contributed by atoms with Gasteiger partial charge in [0.2, 0.25) is 11.8 Å². The number of nitrogens with zero attached hydrogens (tertiary/aromatic N) is 2. The van der Waals surface area contributed by atoms with E-state index in [1.807, 2.05) is 69.3 Å². The van der Waals surface area contributed by atoms with Crippen LogP contribution in [-0.4, -0.2) is 62.5 Å². The van der Waals surface area contributed by atoms with E-state index in [9.17, 15) is 24.3 Å². The highest BCUT2D eigenvalue weighted by molar-refractivity contribution is 6.01. The summed E-state index contributed by atoms with van der Waals surface area (Å²) in [7, 11) is 0. The summed E-state index contributed by atoms with van der Waals surface area (Å²) in [4.78, 5) is 59.4. The van der Waals surface area contributed by atoms with Crippen molar-refractivity contribution in [3.63, 3.8) is 0 Å². The summed E-state index contributed by atoms with van der Waals surface area (Å²) in [6, 6.07) is 28.1. The van der Waals surface area contributed by atoms with Crippen LogP contribution in [0.1, 0.15) is 48.8 Å². The van der Waals surface area contributed by atoms with E-state index in [-0.39, 0.29) is 25.2 Å². The highest BCUT2D eigenvalue weighted by Crippen LogP contribution is 2.31. The van der Waals surface area contributed by atoms with Crippen LogP contribution in [0.3, 0.4) is 0 Å². The number of amides is 5. The highest BCUT2D eigenvalue weighted by atomic mass is 16.3. The number of fused-ring (bicyclic) bond motifs is 1. The van der Waals surface area contributed by atoms with Crippen LogP contribution < -0.4 is 22.1 Å². The molecule has 7 N–H and O–H groups in total. The highest BCUT2D eigenvalue weighted by Gasteiger charge is 2.50. The Hall–Kier alpha value is -5.29. The fraction of sp³-hybridized carbons (Fsp3) is 0.306. The number of benzene rings is 3. The fourth-order valence-electron chi connectivity index (χ4n) is 5.62. The van der Waals surface area contributed by atoms with E-state index in [2.05, 4.69) is 15.6 Å². The summed E-state index contributed by atoms with van der Waals surface area (Å²) in [6.07, 6.45) is -2.17. The first-order valence-electron chi connectivity index (χ1n) is 15.4. The number of urea groups is 1. The van der Waals surface area contributed by atoms with Gasteiger partial charge in [-0.2, -0.15) is 0 Å². The number of aliphatic hydroxyl groups is 1. The number of rotatable bonds is 13. The van der Waals surface area contributed by atoms with Crippen molar-refractivity contribution in [3.8, 4) is 0 Å². The molecule has 0 saturated carbocycles. The van der Waals surface area contributed by atoms with Gasteiger partial charge in [0, 0.05) is 29.9 Å². The molecule has 47 heavy (non-hydrogen) atoms. The molecule has 0 aliphatic heterocycles. The van der Waals surface area contributed by atoms with Gasteiger partial charge in [-0.15, -0.1) is 0 Å². The molecule has 5 amide bonds. The first-order valence-corrected chi connectivity index (χ1v) is 15.4. The van der Waals surface area contributed by atoms with Gasteiger partial charge >= 0.3 is 6.03 Å². The molecule has 11 nitrogen and oxygen atoms in total. The summed E-state index contributed by atoms with van der Waals surface area (Å²) in [6.45, 7) is 5.36. The van der Waals surface area contributed by atoms with E-state index in [1.165, 1.54) is 11.0 Å². The average Bonchev–Trinajstić information content (AvgIpc) is 3.02. The molecule has 3 atom stereocenters. The van der Waals surface area contributed by atoms with Crippen molar-refractivity contribution in [3.05, 3.63) is 114 Å². The average molecular weight is 639 g/mol. The minimum absolute atomic E-state index is 0.00369. The number of hydrogen-bond donors (Lipinski definition) is 5. The number of nitrogens with one attached hydrogen (secondary N) is 2. The van der Waals surface area contributed by atoms with Crippen molar-refractivity contribution in [2.45, 2.75) is 57.3 Å². The monoisotopic (exact) mass is 638 g/mol. The number of pyridine rings is 1. The molecular formula is C36H42N6O5. The molecule has 11 heteroatoms. The van der Waals surface area contributed by atoms with E-state index in [1.54, 1.807) is 42.5 Å². The van der Waals surface area contributed by atoms with Crippen LogP contribution in [0.15, 0.2) is 97.1 Å². The summed E-state index contributed by atoms with van der Waals surface area (Å²) in [5.41, 5.74) is 11.0. The molecule has 1 heterocycles. The van der Waals surface area contributed by atoms with Crippen LogP contribution in [0.2, 0.25) is 0 Å². The normalized spacial score (nSPS) is 14.0. The third kappa shape index (κ3) is 9.14. The number of hydrogen-bond acceptors (Lipinski definition) is 6. The fourth-order valence-corrected chi connectivity index (χ4v) is 5.62. The number of carbonyl (C=O) groups is 4. The number of nitrogens with two attached hydrogens (primary N) is 2. The topological polar surface area (TPSA) is 181 Å². The third-order valence-corrected chi connectivity index (χ3v) is 7.85. The molecule has 3 unspecified atom stereocenters. The van der Waals surface area contributed by atoms with E-state index in [0.29, 0.717) is 11.1 Å². The molecule has 4 rings (SSSR count). The second-order valence-corrected chi connectivity index (χ2v) is 12.7. The molecular weight excluding hydrogens is 596 g/mol. The van der Waals surface area contributed by atoms with Crippen molar-refractivity contribution < 1.29 is 24.3 Å². The Labute approximate surface area is 274 Å². The van der Waals surface area contributed by atoms with E-state index in [4.69, 9.17) is 11.5 Å². The molecule has 0 saturated heterocycles. The summed E-state index contributed by atoms with van der Waals surface area (Å²) in [5.74, 6) is -3.99. The summed E-state index contributed by atoms with van der Waals surface area (Å²) < 4.78 is 0. The number of para-hydroxylation sites is 1. The van der Waals surface area contributed by atoms with Crippen molar-refractivity contribution in [2.24, 2.45) is 17.4 Å². The maximum Gasteiger partial charge on any atom is 0.318 e. The molecule has 1 aromatic heterocycles. The van der Waals surface area contributed by atoms with Crippen molar-refractivity contribution in [1.82, 2.24) is 20.5 Å². The lowest BCUT2D eigenvalue weighted by molar-refractivity contribution is -0.134. The lowest BCUT2D eigenvalue weighted by Crippen LogP contribution is -2.67. The predicted octanol–water partition coefficient (Wildman–Crippen LogP) is 3.29. The molecule has 0 aliphatic carbocycles. The van der Waals surface area contributed by atoms with Gasteiger partial charge in [0.05, 0.1) is 18.0 Å². The van der Waals surface area contributed by atoms with Gasteiger partial charge in [-0.1, -0.05) is 84.9 Å². The minimum Gasteiger partial charge on any atom is -0.391 e. The van der Waals surface area contributed by atoms with Crippen molar-refractivity contribution in [1.29, 1.82) is 0 Å². The van der Waals surface area contributed by atoms with E-state index >= 15 is 0 Å². The Morgan fingerprint density at radius 1 is 0.809 bits per heavy atom. The third-order valence-electron chi connectivity index (χ3n) is 7.85. The summed E-state index contributed by atoms with van der Waals surface area (Å²) >= 11 is 0. The van der Waals surface area contributed by atoms with Gasteiger partial charge < -0.3 is 32.1 Å². The quantitative estimate of drug-likeness (QED) is 0.150. The largest absolute Gasteiger partial charge is 0.391 e. The molecule has 0 fully saturated rings. The maximum atomic E-state index is 13.8. The molecule has 0 bridgehead atoms. The van der Waals surface area contributed by atoms with E-state index < -0.39 is 53.3 Å². The van der Waals surface area contributed by atoms with Crippen LogP contribution >= 0.6 is 0 Å². The number of carbonyl (C=O) groups excluding carboxylic acids is 4. The zero-order chi connectivity index (χ0) is 34.2. The zero-order valence-corrected chi connectivity index (χ0v) is 26.9. The molecule has 4 aromatic rings. The van der Waals surface area contributed by atoms with Crippen LogP contribution in [0, 0.1) is 5.92 Å². The van der Waals surface area contributed by atoms with Gasteiger partial charge in [0.1, 0.15) is 11.2 Å². The standard InChI is InChI=1S/C36H42N6O5/c1-35(2,3)41-34(47)42(22-25-14-8-5-9-15-25)23-30(43)27(20-24-12-6-4-7-13-24)36(33(38)46,21-31(37)44)40-32(45)29-19-18-26-16-10-11-17-28(26)39-29/h4-19,27,30,43H,20-23H2,1-3H3,(H2,37,44)(H2,38,46)(H,40,45)(H,41,47). The Balaban J connectivity index is 1.78. The van der Waals surface area contributed by atoms with Gasteiger partial charge in [-0.3, -0.25) is 14.4 Å². The first kappa shape index (κ1) is 34.6. The summed E-state index contributed by atoms with van der Waals surface area (Å²) in [5, 5.41) is 18.4.